The van der Waals surface area contributed by atoms with E-state index in [1.165, 1.54) is 42.5 Å². The SMILES string of the molecule is O=C(CN(c1cccc(F)c1)S(=O)(=O)c1ccc2c(c1)OCCO2)Nc1cccc(Cl)c1Cl. The van der Waals surface area contributed by atoms with E-state index >= 15 is 0 Å². The molecule has 1 aliphatic heterocycles. The molecule has 4 rings (SSSR count). The van der Waals surface area contributed by atoms with Crippen LogP contribution in [0.4, 0.5) is 15.8 Å². The number of hydrogen-bond acceptors (Lipinski definition) is 5. The first-order valence-electron chi connectivity index (χ1n) is 9.67. The zero-order valence-electron chi connectivity index (χ0n) is 16.9. The number of amides is 1. The molecule has 0 saturated carbocycles. The van der Waals surface area contributed by atoms with E-state index in [-0.39, 0.29) is 38.7 Å². The van der Waals surface area contributed by atoms with E-state index < -0.39 is 28.3 Å². The highest BCUT2D eigenvalue weighted by atomic mass is 35.5. The van der Waals surface area contributed by atoms with Gasteiger partial charge in [0.25, 0.3) is 10.0 Å². The molecular weight excluding hydrogens is 494 g/mol. The van der Waals surface area contributed by atoms with E-state index in [0.717, 1.165) is 10.4 Å². The van der Waals surface area contributed by atoms with Crippen molar-refractivity contribution in [2.24, 2.45) is 0 Å². The van der Waals surface area contributed by atoms with Crippen LogP contribution >= 0.6 is 23.2 Å². The summed E-state index contributed by atoms with van der Waals surface area (Å²) in [5.41, 5.74) is 0.183. The molecule has 3 aromatic rings. The number of nitrogens with zero attached hydrogens (tertiary/aromatic N) is 1. The van der Waals surface area contributed by atoms with Crippen molar-refractivity contribution in [3.05, 3.63) is 76.5 Å². The lowest BCUT2D eigenvalue weighted by atomic mass is 10.3. The number of benzene rings is 3. The van der Waals surface area contributed by atoms with Crippen LogP contribution in [0, 0.1) is 5.82 Å². The van der Waals surface area contributed by atoms with Crippen LogP contribution < -0.4 is 19.1 Å². The number of rotatable bonds is 6. The highest BCUT2D eigenvalue weighted by Crippen LogP contribution is 2.34. The highest BCUT2D eigenvalue weighted by Gasteiger charge is 2.29. The molecule has 0 saturated heterocycles. The van der Waals surface area contributed by atoms with Crippen molar-refractivity contribution in [1.82, 2.24) is 0 Å². The average Bonchev–Trinajstić information content (AvgIpc) is 2.80. The van der Waals surface area contributed by atoms with Crippen LogP contribution in [0.3, 0.4) is 0 Å². The second-order valence-electron chi connectivity index (χ2n) is 6.95. The summed E-state index contributed by atoms with van der Waals surface area (Å²) in [5, 5.41) is 2.87. The third-order valence-electron chi connectivity index (χ3n) is 4.71. The molecule has 1 heterocycles. The summed E-state index contributed by atoms with van der Waals surface area (Å²) >= 11 is 12.1. The lowest BCUT2D eigenvalue weighted by Gasteiger charge is -2.25. The number of sulfonamides is 1. The van der Waals surface area contributed by atoms with E-state index in [1.807, 2.05) is 0 Å². The molecule has 3 aromatic carbocycles. The minimum absolute atomic E-state index is 0.0303. The van der Waals surface area contributed by atoms with Crippen LogP contribution in [0.1, 0.15) is 0 Å². The third-order valence-corrected chi connectivity index (χ3v) is 7.30. The summed E-state index contributed by atoms with van der Waals surface area (Å²) < 4.78 is 52.7. The number of halogens is 3. The Balaban J connectivity index is 1.69. The van der Waals surface area contributed by atoms with Gasteiger partial charge in [-0.05, 0) is 42.5 Å². The number of carbonyl (C=O) groups excluding carboxylic acids is 1. The summed E-state index contributed by atoms with van der Waals surface area (Å²) in [7, 11) is -4.30. The molecule has 7 nitrogen and oxygen atoms in total. The van der Waals surface area contributed by atoms with Gasteiger partial charge in [-0.1, -0.05) is 35.3 Å². The van der Waals surface area contributed by atoms with Crippen molar-refractivity contribution in [3.8, 4) is 11.5 Å². The van der Waals surface area contributed by atoms with Gasteiger partial charge in [0.1, 0.15) is 25.6 Å². The Bertz CT molecular complexity index is 1320. The van der Waals surface area contributed by atoms with Crippen molar-refractivity contribution in [3.63, 3.8) is 0 Å². The van der Waals surface area contributed by atoms with Crippen molar-refractivity contribution in [1.29, 1.82) is 0 Å². The number of nitrogens with one attached hydrogen (secondary N) is 1. The van der Waals surface area contributed by atoms with Gasteiger partial charge in [0.15, 0.2) is 11.5 Å². The lowest BCUT2D eigenvalue weighted by molar-refractivity contribution is -0.114. The quantitative estimate of drug-likeness (QED) is 0.517. The lowest BCUT2D eigenvalue weighted by Crippen LogP contribution is -2.38. The van der Waals surface area contributed by atoms with E-state index in [2.05, 4.69) is 5.32 Å². The van der Waals surface area contributed by atoms with Gasteiger partial charge in [0.05, 0.1) is 26.3 Å². The standard InChI is InChI=1S/C22H17Cl2FN2O5S/c23-17-5-2-6-18(22(17)24)26-21(28)13-27(15-4-1-3-14(25)11-15)33(29,30)16-7-8-19-20(12-16)32-10-9-31-19/h1-8,11-12H,9-10,13H2,(H,26,28). The predicted octanol–water partition coefficient (Wildman–Crippen LogP) is 4.74. The minimum Gasteiger partial charge on any atom is -0.486 e. The summed E-state index contributed by atoms with van der Waals surface area (Å²) in [4.78, 5) is 12.6. The molecule has 0 atom stereocenters. The first-order chi connectivity index (χ1) is 15.8. The summed E-state index contributed by atoms with van der Waals surface area (Å²) in [6, 6.07) is 13.7. The normalized spacial score (nSPS) is 12.8. The van der Waals surface area contributed by atoms with E-state index in [9.17, 15) is 17.6 Å². The predicted molar refractivity (Wildman–Crippen MR) is 123 cm³/mol. The van der Waals surface area contributed by atoms with Gasteiger partial charge in [-0.3, -0.25) is 9.10 Å². The summed E-state index contributed by atoms with van der Waals surface area (Å²) in [5.74, 6) is -0.694. The molecule has 0 bridgehead atoms. The molecule has 33 heavy (non-hydrogen) atoms. The topological polar surface area (TPSA) is 84.9 Å². The van der Waals surface area contributed by atoms with Crippen molar-refractivity contribution in [2.75, 3.05) is 29.4 Å². The molecule has 0 spiro atoms. The second-order valence-corrected chi connectivity index (χ2v) is 9.59. The van der Waals surface area contributed by atoms with Gasteiger partial charge in [0, 0.05) is 6.07 Å². The Morgan fingerprint density at radius 1 is 1.00 bits per heavy atom. The Kier molecular flexibility index (Phi) is 6.64. The molecular formula is C22H17Cl2FN2O5S. The highest BCUT2D eigenvalue weighted by molar-refractivity contribution is 7.92. The largest absolute Gasteiger partial charge is 0.486 e. The number of fused-ring (bicyclic) bond motifs is 1. The molecule has 11 heteroatoms. The maximum absolute atomic E-state index is 13.9. The first kappa shape index (κ1) is 23.2. The first-order valence-corrected chi connectivity index (χ1v) is 11.9. The molecule has 1 aliphatic rings. The molecule has 0 aliphatic carbocycles. The molecule has 0 fully saturated rings. The maximum atomic E-state index is 13.9. The molecule has 1 amide bonds. The van der Waals surface area contributed by atoms with Gasteiger partial charge in [-0.25, -0.2) is 12.8 Å². The fourth-order valence-electron chi connectivity index (χ4n) is 3.18. The van der Waals surface area contributed by atoms with Crippen LogP contribution in [0.5, 0.6) is 11.5 Å². The van der Waals surface area contributed by atoms with E-state index in [4.69, 9.17) is 32.7 Å². The van der Waals surface area contributed by atoms with Crippen LogP contribution in [-0.4, -0.2) is 34.1 Å². The maximum Gasteiger partial charge on any atom is 0.264 e. The van der Waals surface area contributed by atoms with Crippen molar-refractivity contribution >= 4 is 50.5 Å². The third kappa shape index (κ3) is 5.00. The van der Waals surface area contributed by atoms with Crippen molar-refractivity contribution < 1.29 is 27.1 Å². The van der Waals surface area contributed by atoms with Gasteiger partial charge in [-0.15, -0.1) is 0 Å². The molecule has 0 aromatic heterocycles. The number of carbonyl (C=O) groups is 1. The monoisotopic (exact) mass is 510 g/mol. The van der Waals surface area contributed by atoms with Gasteiger partial charge in [-0.2, -0.15) is 0 Å². The van der Waals surface area contributed by atoms with Crippen LogP contribution in [-0.2, 0) is 14.8 Å². The Morgan fingerprint density at radius 2 is 1.73 bits per heavy atom. The molecule has 0 radical (unpaired) electrons. The van der Waals surface area contributed by atoms with Gasteiger partial charge >= 0.3 is 0 Å². The molecule has 1 N–H and O–H groups in total. The zero-order valence-corrected chi connectivity index (χ0v) is 19.3. The summed E-state index contributed by atoms with van der Waals surface area (Å²) in [6.45, 7) is -0.0310. The van der Waals surface area contributed by atoms with E-state index in [1.54, 1.807) is 12.1 Å². The Morgan fingerprint density at radius 3 is 2.48 bits per heavy atom. The smallest absolute Gasteiger partial charge is 0.264 e. The van der Waals surface area contributed by atoms with Gasteiger partial charge < -0.3 is 14.8 Å². The minimum atomic E-state index is -4.30. The number of anilines is 2. The molecule has 172 valence electrons. The zero-order chi connectivity index (χ0) is 23.6. The van der Waals surface area contributed by atoms with Crippen LogP contribution in [0.15, 0.2) is 65.6 Å². The fraction of sp³-hybridized carbons (Fsp3) is 0.136. The molecule has 0 unspecified atom stereocenters. The average molecular weight is 511 g/mol. The Hall–Kier alpha value is -3.01. The fourth-order valence-corrected chi connectivity index (χ4v) is 4.95. The van der Waals surface area contributed by atoms with Crippen molar-refractivity contribution in [2.45, 2.75) is 4.90 Å². The van der Waals surface area contributed by atoms with Crippen LogP contribution in [0.25, 0.3) is 0 Å². The van der Waals surface area contributed by atoms with Gasteiger partial charge in [0.2, 0.25) is 5.91 Å². The summed E-state index contributed by atoms with van der Waals surface area (Å²) in [6.07, 6.45) is 0. The van der Waals surface area contributed by atoms with E-state index in [0.29, 0.717) is 12.4 Å². The van der Waals surface area contributed by atoms with Crippen LogP contribution in [0.2, 0.25) is 10.0 Å². The number of hydrogen-bond donors (Lipinski definition) is 1. The number of ether oxygens (including phenoxy) is 2. The second kappa shape index (κ2) is 9.46. The Labute approximate surface area is 199 Å².